The van der Waals surface area contributed by atoms with Gasteiger partial charge in [-0.15, -0.1) is 6.58 Å². The lowest BCUT2D eigenvalue weighted by Gasteiger charge is -2.12. The van der Waals surface area contributed by atoms with E-state index < -0.39 is 0 Å². The number of aromatic nitrogens is 3. The topological polar surface area (TPSA) is 71.8 Å². The second-order valence-corrected chi connectivity index (χ2v) is 4.64. The van der Waals surface area contributed by atoms with Gasteiger partial charge in [0.25, 0.3) is 0 Å². The first-order valence-corrected chi connectivity index (χ1v) is 6.88. The average Bonchev–Trinajstić information content (AvgIpc) is 2.48. The SMILES string of the molecule is C=CCNNc1nc(-c2ccc(Cl)cc2)n(CC)c(=O)n1. The van der Waals surface area contributed by atoms with Gasteiger partial charge in [0, 0.05) is 23.7 Å². The Labute approximate surface area is 127 Å². The summed E-state index contributed by atoms with van der Waals surface area (Å²) in [6.07, 6.45) is 1.68. The molecule has 0 fully saturated rings. The lowest BCUT2D eigenvalue weighted by atomic mass is 10.2. The molecular formula is C14H16ClN5O. The molecule has 110 valence electrons. The van der Waals surface area contributed by atoms with Crippen molar-refractivity contribution in [3.63, 3.8) is 0 Å². The Kier molecular flexibility index (Phi) is 5.08. The molecule has 0 aliphatic carbocycles. The number of rotatable bonds is 6. The van der Waals surface area contributed by atoms with Crippen molar-refractivity contribution < 1.29 is 0 Å². The Morgan fingerprint density at radius 2 is 2.05 bits per heavy atom. The predicted molar refractivity (Wildman–Crippen MR) is 84.2 cm³/mol. The number of hydrazine groups is 1. The van der Waals surface area contributed by atoms with Gasteiger partial charge in [-0.3, -0.25) is 9.99 Å². The summed E-state index contributed by atoms with van der Waals surface area (Å²) >= 11 is 5.89. The maximum absolute atomic E-state index is 12.1. The lowest BCUT2D eigenvalue weighted by molar-refractivity contribution is 0.683. The maximum atomic E-state index is 12.1. The van der Waals surface area contributed by atoms with E-state index in [1.54, 1.807) is 18.2 Å². The van der Waals surface area contributed by atoms with Crippen LogP contribution in [0.1, 0.15) is 6.92 Å². The van der Waals surface area contributed by atoms with E-state index in [1.807, 2.05) is 19.1 Å². The molecule has 1 aromatic heterocycles. The molecule has 0 saturated carbocycles. The van der Waals surface area contributed by atoms with E-state index in [4.69, 9.17) is 11.6 Å². The number of hydrogen-bond donors (Lipinski definition) is 2. The molecule has 0 aliphatic heterocycles. The standard InChI is InChI=1S/C14H16ClN5O/c1-3-9-16-19-13-17-12(20(4-2)14(21)18-13)10-5-7-11(15)8-6-10/h3,5-8,16H,1,4,9H2,2H3,(H,18,19,21). The smallest absolute Gasteiger partial charge is 0.289 e. The summed E-state index contributed by atoms with van der Waals surface area (Å²) in [4.78, 5) is 20.3. The van der Waals surface area contributed by atoms with E-state index >= 15 is 0 Å². The third-order valence-electron chi connectivity index (χ3n) is 2.77. The fraction of sp³-hybridized carbons (Fsp3) is 0.214. The summed E-state index contributed by atoms with van der Waals surface area (Å²) in [7, 11) is 0. The van der Waals surface area contributed by atoms with Crippen LogP contribution in [-0.2, 0) is 6.54 Å². The van der Waals surface area contributed by atoms with Gasteiger partial charge in [-0.05, 0) is 31.2 Å². The highest BCUT2D eigenvalue weighted by molar-refractivity contribution is 6.30. The minimum atomic E-state index is -0.361. The molecule has 2 N–H and O–H groups in total. The monoisotopic (exact) mass is 305 g/mol. The highest BCUT2D eigenvalue weighted by Gasteiger charge is 2.10. The largest absolute Gasteiger partial charge is 0.352 e. The molecule has 6 nitrogen and oxygen atoms in total. The molecule has 0 saturated heterocycles. The molecule has 2 rings (SSSR count). The van der Waals surface area contributed by atoms with Crippen molar-refractivity contribution in [1.29, 1.82) is 0 Å². The number of nitrogens with zero attached hydrogens (tertiary/aromatic N) is 3. The fourth-order valence-electron chi connectivity index (χ4n) is 1.79. The van der Waals surface area contributed by atoms with Crippen LogP contribution in [-0.4, -0.2) is 21.1 Å². The van der Waals surface area contributed by atoms with Gasteiger partial charge in [0.2, 0.25) is 5.95 Å². The van der Waals surface area contributed by atoms with Crippen molar-refractivity contribution >= 4 is 17.5 Å². The highest BCUT2D eigenvalue weighted by atomic mass is 35.5. The van der Waals surface area contributed by atoms with E-state index in [2.05, 4.69) is 27.4 Å². The van der Waals surface area contributed by atoms with Gasteiger partial charge in [0.05, 0.1) is 0 Å². The number of anilines is 1. The quantitative estimate of drug-likeness (QED) is 0.486. The molecule has 0 aliphatic rings. The van der Waals surface area contributed by atoms with E-state index in [0.29, 0.717) is 23.9 Å². The molecule has 1 aromatic carbocycles. The molecule has 0 atom stereocenters. The van der Waals surface area contributed by atoms with Crippen molar-refractivity contribution in [3.05, 3.63) is 52.4 Å². The zero-order valence-corrected chi connectivity index (χ0v) is 12.4. The van der Waals surface area contributed by atoms with Crippen LogP contribution < -0.4 is 16.5 Å². The van der Waals surface area contributed by atoms with Crippen LogP contribution in [0.2, 0.25) is 5.02 Å². The number of halogens is 1. The van der Waals surface area contributed by atoms with Crippen molar-refractivity contribution in [2.24, 2.45) is 0 Å². The van der Waals surface area contributed by atoms with Crippen LogP contribution >= 0.6 is 11.6 Å². The van der Waals surface area contributed by atoms with Crippen LogP contribution in [0.25, 0.3) is 11.4 Å². The van der Waals surface area contributed by atoms with Crippen LogP contribution in [0, 0.1) is 0 Å². The molecule has 1 heterocycles. The van der Waals surface area contributed by atoms with E-state index in [9.17, 15) is 4.79 Å². The maximum Gasteiger partial charge on any atom is 0.352 e. The van der Waals surface area contributed by atoms with E-state index in [0.717, 1.165) is 5.56 Å². The van der Waals surface area contributed by atoms with Gasteiger partial charge >= 0.3 is 5.69 Å². The zero-order chi connectivity index (χ0) is 15.2. The van der Waals surface area contributed by atoms with Gasteiger partial charge in [0.15, 0.2) is 0 Å². The summed E-state index contributed by atoms with van der Waals surface area (Å²) < 4.78 is 1.50. The first-order valence-electron chi connectivity index (χ1n) is 6.50. The van der Waals surface area contributed by atoms with E-state index in [1.165, 1.54) is 4.57 Å². The molecule has 21 heavy (non-hydrogen) atoms. The second-order valence-electron chi connectivity index (χ2n) is 4.20. The summed E-state index contributed by atoms with van der Waals surface area (Å²) in [5.41, 5.74) is 6.06. The lowest BCUT2D eigenvalue weighted by Crippen LogP contribution is -2.30. The molecule has 0 unspecified atom stereocenters. The normalized spacial score (nSPS) is 10.4. The van der Waals surface area contributed by atoms with E-state index in [-0.39, 0.29) is 11.6 Å². The summed E-state index contributed by atoms with van der Waals surface area (Å²) in [5.74, 6) is 0.758. The molecular weight excluding hydrogens is 290 g/mol. The van der Waals surface area contributed by atoms with Gasteiger partial charge in [0.1, 0.15) is 5.82 Å². The average molecular weight is 306 g/mol. The Morgan fingerprint density at radius 1 is 1.33 bits per heavy atom. The van der Waals surface area contributed by atoms with Crippen molar-refractivity contribution in [3.8, 4) is 11.4 Å². The third kappa shape index (κ3) is 3.68. The number of benzene rings is 1. The van der Waals surface area contributed by atoms with Crippen LogP contribution in [0.15, 0.2) is 41.7 Å². The molecule has 0 spiro atoms. The minimum Gasteiger partial charge on any atom is -0.289 e. The Bertz CT molecular complexity index is 681. The molecule has 0 amide bonds. The number of nitrogens with one attached hydrogen (secondary N) is 2. The van der Waals surface area contributed by atoms with Gasteiger partial charge in [-0.1, -0.05) is 17.7 Å². The Hall–Kier alpha value is -2.18. The van der Waals surface area contributed by atoms with Crippen LogP contribution in [0.4, 0.5) is 5.95 Å². The highest BCUT2D eigenvalue weighted by Crippen LogP contribution is 2.19. The van der Waals surface area contributed by atoms with Crippen LogP contribution in [0.3, 0.4) is 0 Å². The molecule has 2 aromatic rings. The first kappa shape index (κ1) is 15.2. The third-order valence-corrected chi connectivity index (χ3v) is 3.02. The van der Waals surface area contributed by atoms with Crippen molar-refractivity contribution in [2.45, 2.75) is 13.5 Å². The fourth-order valence-corrected chi connectivity index (χ4v) is 1.92. The molecule has 0 bridgehead atoms. The van der Waals surface area contributed by atoms with Gasteiger partial charge < -0.3 is 0 Å². The van der Waals surface area contributed by atoms with Gasteiger partial charge in [-0.2, -0.15) is 9.97 Å². The van der Waals surface area contributed by atoms with Crippen LogP contribution in [0.5, 0.6) is 0 Å². The molecule has 7 heteroatoms. The first-order chi connectivity index (χ1) is 10.2. The van der Waals surface area contributed by atoms with Crippen molar-refractivity contribution in [1.82, 2.24) is 20.0 Å². The Morgan fingerprint density at radius 3 is 2.67 bits per heavy atom. The Balaban J connectivity index is 2.43. The summed E-state index contributed by atoms with van der Waals surface area (Å²) in [6, 6.07) is 7.15. The summed E-state index contributed by atoms with van der Waals surface area (Å²) in [6.45, 7) is 6.46. The van der Waals surface area contributed by atoms with Crippen molar-refractivity contribution in [2.75, 3.05) is 12.0 Å². The predicted octanol–water partition coefficient (Wildman–Crippen LogP) is 2.08. The minimum absolute atomic E-state index is 0.219. The molecule has 0 radical (unpaired) electrons. The summed E-state index contributed by atoms with van der Waals surface area (Å²) in [5, 5.41) is 0.629. The van der Waals surface area contributed by atoms with Gasteiger partial charge in [-0.25, -0.2) is 10.2 Å². The second kappa shape index (κ2) is 7.01. The zero-order valence-electron chi connectivity index (χ0n) is 11.6. The number of hydrogen-bond acceptors (Lipinski definition) is 5.